The van der Waals surface area contributed by atoms with E-state index in [9.17, 15) is 9.18 Å². The molecule has 34 heavy (non-hydrogen) atoms. The molecule has 8 nitrogen and oxygen atoms in total. The van der Waals surface area contributed by atoms with Gasteiger partial charge in [0.05, 0.1) is 24.1 Å². The van der Waals surface area contributed by atoms with Crippen molar-refractivity contribution in [2.24, 2.45) is 0 Å². The van der Waals surface area contributed by atoms with Gasteiger partial charge in [-0.05, 0) is 43.5 Å². The smallest absolute Gasteiger partial charge is 0.409 e. The van der Waals surface area contributed by atoms with E-state index < -0.39 is 0 Å². The topological polar surface area (TPSA) is 83.5 Å². The van der Waals surface area contributed by atoms with Gasteiger partial charge in [-0.3, -0.25) is 0 Å². The highest BCUT2D eigenvalue weighted by molar-refractivity contribution is 7.16. The summed E-state index contributed by atoms with van der Waals surface area (Å²) in [6.45, 7) is 6.06. The van der Waals surface area contributed by atoms with E-state index in [1.165, 1.54) is 13.2 Å². The van der Waals surface area contributed by atoms with E-state index in [0.717, 1.165) is 32.8 Å². The van der Waals surface area contributed by atoms with Crippen LogP contribution in [0.5, 0.6) is 0 Å². The SMILES string of the molecule is COC(=O)N1CCN(c2nc3c(C)c(F)ccc3cc2[C@H](C)Nc2ncnc3sccc23)CC1. The molecule has 1 aromatic carbocycles. The van der Waals surface area contributed by atoms with Crippen LogP contribution in [0, 0.1) is 12.7 Å². The maximum absolute atomic E-state index is 14.3. The van der Waals surface area contributed by atoms with Gasteiger partial charge in [-0.2, -0.15) is 0 Å². The molecule has 0 spiro atoms. The number of aromatic nitrogens is 3. The Hall–Kier alpha value is -3.53. The summed E-state index contributed by atoms with van der Waals surface area (Å²) in [5.74, 6) is 1.26. The van der Waals surface area contributed by atoms with Crippen molar-refractivity contribution >= 4 is 50.2 Å². The fourth-order valence-electron chi connectivity index (χ4n) is 4.35. The number of nitrogens with one attached hydrogen (secondary N) is 1. The maximum atomic E-state index is 14.3. The van der Waals surface area contributed by atoms with Gasteiger partial charge in [0, 0.05) is 42.7 Å². The zero-order chi connectivity index (χ0) is 23.8. The Morgan fingerprint density at radius 3 is 2.76 bits per heavy atom. The van der Waals surface area contributed by atoms with Gasteiger partial charge in [0.2, 0.25) is 0 Å². The number of aryl methyl sites for hydroxylation is 1. The number of rotatable bonds is 4. The lowest BCUT2D eigenvalue weighted by molar-refractivity contribution is 0.121. The summed E-state index contributed by atoms with van der Waals surface area (Å²) in [6.07, 6.45) is 1.23. The number of piperazine rings is 1. The number of pyridine rings is 1. The highest BCUT2D eigenvalue weighted by Crippen LogP contribution is 2.34. The number of fused-ring (bicyclic) bond motifs is 2. The van der Waals surface area contributed by atoms with Gasteiger partial charge >= 0.3 is 6.09 Å². The molecule has 4 aromatic rings. The molecule has 0 radical (unpaired) electrons. The molecule has 4 heterocycles. The number of ether oxygens (including phenoxy) is 1. The summed E-state index contributed by atoms with van der Waals surface area (Å²) in [4.78, 5) is 30.4. The zero-order valence-electron chi connectivity index (χ0n) is 19.2. The monoisotopic (exact) mass is 480 g/mol. The predicted octanol–water partition coefficient (Wildman–Crippen LogP) is 4.75. The molecule has 0 unspecified atom stereocenters. The quantitative estimate of drug-likeness (QED) is 0.451. The van der Waals surface area contributed by atoms with Crippen LogP contribution < -0.4 is 10.2 Å². The zero-order valence-corrected chi connectivity index (χ0v) is 20.0. The van der Waals surface area contributed by atoms with E-state index in [0.29, 0.717) is 37.3 Å². The molecule has 5 rings (SSSR count). The third-order valence-corrected chi connectivity index (χ3v) is 7.10. The molecular weight excluding hydrogens is 455 g/mol. The number of thiophene rings is 1. The molecule has 176 valence electrons. The number of methoxy groups -OCH3 is 1. The third kappa shape index (κ3) is 3.98. The van der Waals surface area contributed by atoms with Gasteiger partial charge < -0.3 is 19.9 Å². The maximum Gasteiger partial charge on any atom is 0.409 e. The van der Waals surface area contributed by atoms with Crippen molar-refractivity contribution in [1.82, 2.24) is 19.9 Å². The van der Waals surface area contributed by atoms with Gasteiger partial charge in [0.1, 0.15) is 28.6 Å². The molecule has 1 N–H and O–H groups in total. The number of carbonyl (C=O) groups excluding carboxylic acids is 1. The van der Waals surface area contributed by atoms with Crippen LogP contribution in [-0.4, -0.2) is 59.2 Å². The lowest BCUT2D eigenvalue weighted by Crippen LogP contribution is -2.49. The van der Waals surface area contributed by atoms with Crippen molar-refractivity contribution < 1.29 is 13.9 Å². The van der Waals surface area contributed by atoms with Crippen LogP contribution in [0.2, 0.25) is 0 Å². The summed E-state index contributed by atoms with van der Waals surface area (Å²) in [6, 6.07) is 7.19. The van der Waals surface area contributed by atoms with Crippen molar-refractivity contribution in [2.45, 2.75) is 19.9 Å². The van der Waals surface area contributed by atoms with E-state index in [-0.39, 0.29) is 18.0 Å². The van der Waals surface area contributed by atoms with Crippen LogP contribution >= 0.6 is 11.3 Å². The Morgan fingerprint density at radius 2 is 2.00 bits per heavy atom. The minimum absolute atomic E-state index is 0.131. The molecule has 10 heteroatoms. The van der Waals surface area contributed by atoms with Crippen LogP contribution in [0.3, 0.4) is 0 Å². The van der Waals surface area contributed by atoms with Crippen molar-refractivity contribution in [3.05, 3.63) is 52.9 Å². The Bertz CT molecular complexity index is 1370. The normalized spacial score (nSPS) is 15.1. The number of carbonyl (C=O) groups is 1. The fraction of sp³-hybridized carbons (Fsp3) is 0.333. The van der Waals surface area contributed by atoms with E-state index in [2.05, 4.69) is 33.2 Å². The van der Waals surface area contributed by atoms with E-state index >= 15 is 0 Å². The second kappa shape index (κ2) is 9.02. The molecule has 1 fully saturated rings. The Labute approximate surface area is 200 Å². The van der Waals surface area contributed by atoms with E-state index in [1.807, 2.05) is 11.4 Å². The lowest BCUT2D eigenvalue weighted by atomic mass is 10.0. The Balaban J connectivity index is 1.54. The van der Waals surface area contributed by atoms with Crippen molar-refractivity contribution in [3.8, 4) is 0 Å². The van der Waals surface area contributed by atoms with Gasteiger partial charge in [-0.15, -0.1) is 11.3 Å². The minimum Gasteiger partial charge on any atom is -0.453 e. The summed E-state index contributed by atoms with van der Waals surface area (Å²) >= 11 is 1.57. The molecule has 1 aliphatic heterocycles. The molecule has 3 aromatic heterocycles. The number of hydrogen-bond donors (Lipinski definition) is 1. The second-order valence-corrected chi connectivity index (χ2v) is 9.21. The molecule has 0 aliphatic carbocycles. The summed E-state index contributed by atoms with van der Waals surface area (Å²) in [5.41, 5.74) is 2.14. The van der Waals surface area contributed by atoms with Crippen molar-refractivity contribution in [1.29, 1.82) is 0 Å². The highest BCUT2D eigenvalue weighted by atomic mass is 32.1. The molecule has 0 saturated carbocycles. The van der Waals surface area contributed by atoms with Crippen molar-refractivity contribution in [2.75, 3.05) is 43.5 Å². The van der Waals surface area contributed by atoms with Gasteiger partial charge in [0.15, 0.2) is 0 Å². The summed E-state index contributed by atoms with van der Waals surface area (Å²) in [5, 5.41) is 7.37. The van der Waals surface area contributed by atoms with Crippen molar-refractivity contribution in [3.63, 3.8) is 0 Å². The van der Waals surface area contributed by atoms with Gasteiger partial charge in [0.25, 0.3) is 0 Å². The molecule has 1 amide bonds. The van der Waals surface area contributed by atoms with Gasteiger partial charge in [-0.1, -0.05) is 0 Å². The Kier molecular flexibility index (Phi) is 5.91. The first kappa shape index (κ1) is 22.3. The first-order valence-electron chi connectivity index (χ1n) is 11.1. The number of amides is 1. The van der Waals surface area contributed by atoms with Crippen LogP contribution in [0.15, 0.2) is 36.0 Å². The van der Waals surface area contributed by atoms with Crippen LogP contribution in [-0.2, 0) is 4.74 Å². The largest absolute Gasteiger partial charge is 0.453 e. The predicted molar refractivity (Wildman–Crippen MR) is 132 cm³/mol. The second-order valence-electron chi connectivity index (χ2n) is 8.32. The van der Waals surface area contributed by atoms with Gasteiger partial charge in [-0.25, -0.2) is 24.1 Å². The van der Waals surface area contributed by atoms with Crippen LogP contribution in [0.25, 0.3) is 21.1 Å². The molecule has 1 atom stereocenters. The standard InChI is InChI=1S/C24H25FN6O2S/c1-14-19(25)5-4-16-12-18(15(2)28-21-17-6-11-34-23(17)27-13-26-21)22(29-20(14)16)30-7-9-31(10-8-30)24(32)33-3/h4-6,11-13,15H,7-10H2,1-3H3,(H,26,27,28)/t15-/m0/s1. The average Bonchev–Trinajstić information content (AvgIpc) is 3.35. The summed E-state index contributed by atoms with van der Waals surface area (Å²) in [7, 11) is 1.39. The summed E-state index contributed by atoms with van der Waals surface area (Å²) < 4.78 is 19.2. The first-order valence-corrected chi connectivity index (χ1v) is 12.0. The molecular formula is C24H25FN6O2S. The number of nitrogens with zero attached hydrogens (tertiary/aromatic N) is 5. The fourth-order valence-corrected chi connectivity index (χ4v) is 5.09. The lowest BCUT2D eigenvalue weighted by Gasteiger charge is -2.36. The molecule has 1 saturated heterocycles. The third-order valence-electron chi connectivity index (χ3n) is 6.28. The number of hydrogen-bond acceptors (Lipinski definition) is 8. The first-order chi connectivity index (χ1) is 16.5. The van der Waals surface area contributed by atoms with Crippen LogP contribution in [0.4, 0.5) is 20.8 Å². The van der Waals surface area contributed by atoms with E-state index in [4.69, 9.17) is 9.72 Å². The number of halogens is 1. The average molecular weight is 481 g/mol. The Morgan fingerprint density at radius 1 is 1.21 bits per heavy atom. The molecule has 0 bridgehead atoms. The highest BCUT2D eigenvalue weighted by Gasteiger charge is 2.26. The number of benzene rings is 1. The van der Waals surface area contributed by atoms with E-state index in [1.54, 1.807) is 35.6 Å². The molecule has 1 aliphatic rings. The number of anilines is 2. The van der Waals surface area contributed by atoms with Crippen LogP contribution in [0.1, 0.15) is 24.1 Å². The minimum atomic E-state index is -0.331.